The van der Waals surface area contributed by atoms with Gasteiger partial charge in [0.05, 0.1) is 0 Å². The van der Waals surface area contributed by atoms with E-state index >= 15 is 0 Å². The predicted octanol–water partition coefficient (Wildman–Crippen LogP) is 1.54. The van der Waals surface area contributed by atoms with E-state index in [1.54, 1.807) is 0 Å². The van der Waals surface area contributed by atoms with E-state index in [9.17, 15) is 0 Å². The fourth-order valence-electron chi connectivity index (χ4n) is 1.07. The van der Waals surface area contributed by atoms with Crippen molar-refractivity contribution in [1.29, 1.82) is 0 Å². The summed E-state index contributed by atoms with van der Waals surface area (Å²) in [5.41, 5.74) is 0.920. The molecule has 8 heavy (non-hydrogen) atoms. The fourth-order valence-corrected chi connectivity index (χ4v) is 2.65. The third-order valence-electron chi connectivity index (χ3n) is 1.99. The van der Waals surface area contributed by atoms with E-state index in [1.807, 2.05) is 0 Å². The van der Waals surface area contributed by atoms with Crippen molar-refractivity contribution < 1.29 is 4.43 Å². The van der Waals surface area contributed by atoms with Gasteiger partial charge in [-0.05, 0) is 24.9 Å². The van der Waals surface area contributed by atoms with Crippen LogP contribution in [0.2, 0.25) is 12.1 Å². The van der Waals surface area contributed by atoms with Crippen molar-refractivity contribution in [3.05, 3.63) is 0 Å². The van der Waals surface area contributed by atoms with Crippen LogP contribution in [0.5, 0.6) is 0 Å². The molecule has 0 saturated carbocycles. The molecule has 1 heterocycles. The molecule has 1 aliphatic heterocycles. The lowest BCUT2D eigenvalue weighted by Crippen LogP contribution is -2.24. The van der Waals surface area contributed by atoms with Gasteiger partial charge in [-0.3, -0.25) is 0 Å². The van der Waals surface area contributed by atoms with Crippen molar-refractivity contribution in [1.82, 2.24) is 0 Å². The molecule has 0 amide bonds. The Morgan fingerprint density at radius 1 is 1.62 bits per heavy atom. The summed E-state index contributed by atoms with van der Waals surface area (Å²) in [6.45, 7) is 5.65. The number of hydrogen-bond acceptors (Lipinski definition) is 1. The van der Waals surface area contributed by atoms with Gasteiger partial charge in [0.2, 0.25) is 0 Å². The Labute approximate surface area is 52.8 Å². The van der Waals surface area contributed by atoms with Gasteiger partial charge in [-0.25, -0.2) is 0 Å². The maximum atomic E-state index is 5.53. The molecule has 1 nitrogen and oxygen atoms in total. The molecule has 0 radical (unpaired) electrons. The van der Waals surface area contributed by atoms with Crippen LogP contribution in [0.1, 0.15) is 19.8 Å². The lowest BCUT2D eigenvalue weighted by Gasteiger charge is -2.23. The predicted molar refractivity (Wildman–Crippen MR) is 37.6 cm³/mol. The second-order valence-electron chi connectivity index (χ2n) is 2.70. The molecule has 0 aromatic heterocycles. The molecule has 0 spiro atoms. The number of rotatable bonds is 0. The lowest BCUT2D eigenvalue weighted by molar-refractivity contribution is 0.275. The van der Waals surface area contributed by atoms with Crippen LogP contribution < -0.4 is 0 Å². The van der Waals surface area contributed by atoms with Crippen molar-refractivity contribution in [2.24, 2.45) is 0 Å². The highest BCUT2D eigenvalue weighted by molar-refractivity contribution is 6.52. The highest BCUT2D eigenvalue weighted by atomic mass is 28.3. The second-order valence-corrected chi connectivity index (χ2v) is 5.58. The van der Waals surface area contributed by atoms with Crippen LogP contribution in [0.4, 0.5) is 0 Å². The van der Waals surface area contributed by atoms with Crippen LogP contribution >= 0.6 is 0 Å². The zero-order chi connectivity index (χ0) is 5.98. The van der Waals surface area contributed by atoms with Gasteiger partial charge in [-0.2, -0.15) is 0 Å². The van der Waals surface area contributed by atoms with E-state index in [0.29, 0.717) is 0 Å². The van der Waals surface area contributed by atoms with E-state index in [-0.39, 0.29) is 0 Å². The number of hydrogen-bond donors (Lipinski definition) is 0. The van der Waals surface area contributed by atoms with Gasteiger partial charge in [-0.15, -0.1) is 0 Å². The molecular weight excluding hydrogens is 116 g/mol. The third-order valence-corrected chi connectivity index (χ3v) is 4.68. The van der Waals surface area contributed by atoms with Crippen LogP contribution in [-0.4, -0.2) is 15.6 Å². The van der Waals surface area contributed by atoms with Crippen LogP contribution in [0.25, 0.3) is 0 Å². The smallest absolute Gasteiger partial charge is 0.176 e. The van der Waals surface area contributed by atoms with Crippen molar-refractivity contribution in [2.45, 2.75) is 31.9 Å². The SMILES string of the molecule is CC1CCCO[SiH]1C. The molecule has 0 aliphatic carbocycles. The summed E-state index contributed by atoms with van der Waals surface area (Å²) in [7, 11) is -0.689. The molecule has 0 aromatic rings. The Balaban J connectivity index is 2.28. The Bertz CT molecular complexity index is 64.9. The Morgan fingerprint density at radius 3 is 2.75 bits per heavy atom. The molecule has 1 rings (SSSR count). The molecule has 2 heteroatoms. The van der Waals surface area contributed by atoms with Crippen LogP contribution in [0.15, 0.2) is 0 Å². The summed E-state index contributed by atoms with van der Waals surface area (Å²) in [5, 5.41) is 0. The summed E-state index contributed by atoms with van der Waals surface area (Å²) in [4.78, 5) is 0. The molecule has 0 N–H and O–H groups in total. The largest absolute Gasteiger partial charge is 0.420 e. The van der Waals surface area contributed by atoms with Gasteiger partial charge in [0, 0.05) is 6.61 Å². The molecular formula is C6H14OSi. The van der Waals surface area contributed by atoms with E-state index < -0.39 is 9.04 Å². The van der Waals surface area contributed by atoms with Crippen molar-refractivity contribution in [3.63, 3.8) is 0 Å². The molecule has 0 bridgehead atoms. The van der Waals surface area contributed by atoms with E-state index in [0.717, 1.165) is 12.1 Å². The molecule has 48 valence electrons. The molecule has 2 atom stereocenters. The van der Waals surface area contributed by atoms with Crippen LogP contribution in [-0.2, 0) is 4.43 Å². The van der Waals surface area contributed by atoms with Gasteiger partial charge in [0.15, 0.2) is 9.04 Å². The van der Waals surface area contributed by atoms with Crippen molar-refractivity contribution in [2.75, 3.05) is 6.61 Å². The van der Waals surface area contributed by atoms with Gasteiger partial charge in [0.1, 0.15) is 0 Å². The minimum atomic E-state index is -0.689. The van der Waals surface area contributed by atoms with Crippen molar-refractivity contribution >= 4 is 9.04 Å². The minimum absolute atomic E-state index is 0.689. The minimum Gasteiger partial charge on any atom is -0.420 e. The Morgan fingerprint density at radius 2 is 2.38 bits per heavy atom. The monoisotopic (exact) mass is 130 g/mol. The van der Waals surface area contributed by atoms with Gasteiger partial charge < -0.3 is 4.43 Å². The zero-order valence-electron chi connectivity index (χ0n) is 5.68. The van der Waals surface area contributed by atoms with Gasteiger partial charge in [0.25, 0.3) is 0 Å². The molecule has 1 saturated heterocycles. The zero-order valence-corrected chi connectivity index (χ0v) is 6.84. The first-order valence-corrected chi connectivity index (χ1v) is 5.71. The van der Waals surface area contributed by atoms with E-state index in [1.165, 1.54) is 12.8 Å². The van der Waals surface area contributed by atoms with Gasteiger partial charge >= 0.3 is 0 Å². The highest BCUT2D eigenvalue weighted by Crippen LogP contribution is 2.21. The first kappa shape index (κ1) is 6.30. The average Bonchev–Trinajstić information content (AvgIpc) is 1.77. The van der Waals surface area contributed by atoms with E-state index in [4.69, 9.17) is 4.43 Å². The second kappa shape index (κ2) is 2.64. The van der Waals surface area contributed by atoms with Gasteiger partial charge in [-0.1, -0.05) is 6.92 Å². The van der Waals surface area contributed by atoms with E-state index in [2.05, 4.69) is 13.5 Å². The first-order chi connectivity index (χ1) is 3.80. The van der Waals surface area contributed by atoms with Crippen molar-refractivity contribution in [3.8, 4) is 0 Å². The summed E-state index contributed by atoms with van der Waals surface area (Å²) < 4.78 is 5.53. The van der Waals surface area contributed by atoms with Crippen LogP contribution in [0.3, 0.4) is 0 Å². The standard InChI is InChI=1S/C6H14OSi/c1-6-4-3-5-7-8(6)2/h6,8H,3-5H2,1-2H3. The summed E-state index contributed by atoms with van der Waals surface area (Å²) in [5.74, 6) is 0. The van der Waals surface area contributed by atoms with Crippen LogP contribution in [0, 0.1) is 0 Å². The average molecular weight is 130 g/mol. The lowest BCUT2D eigenvalue weighted by atomic mass is 10.2. The molecule has 1 fully saturated rings. The maximum absolute atomic E-state index is 5.53. The summed E-state index contributed by atoms with van der Waals surface area (Å²) in [6, 6.07) is 0. The quantitative estimate of drug-likeness (QED) is 0.452. The maximum Gasteiger partial charge on any atom is 0.176 e. The normalized spacial score (nSPS) is 39.8. The summed E-state index contributed by atoms with van der Waals surface area (Å²) >= 11 is 0. The first-order valence-electron chi connectivity index (χ1n) is 3.42. The highest BCUT2D eigenvalue weighted by Gasteiger charge is 2.18. The molecule has 0 aromatic carbocycles. The Kier molecular flexibility index (Phi) is 2.08. The molecule has 2 unspecified atom stereocenters. The fraction of sp³-hybridized carbons (Fsp3) is 1.00. The molecule has 1 aliphatic rings. The third kappa shape index (κ3) is 1.33. The Hall–Kier alpha value is 0.177. The summed E-state index contributed by atoms with van der Waals surface area (Å²) in [6.07, 6.45) is 2.70. The topological polar surface area (TPSA) is 9.23 Å².